The standard InChI is InChI=1S/C12H13NO4S/c1-2-17-11-6-3-8-7-9(18(14,15)16)4-5-10(8)12(11)13/h3-7H,2,13H2,1H3,(H,14,15,16)/p-1. The Balaban J connectivity index is 2.65. The summed E-state index contributed by atoms with van der Waals surface area (Å²) in [4.78, 5) is -0.265. The summed E-state index contributed by atoms with van der Waals surface area (Å²) in [6.45, 7) is 2.33. The zero-order valence-corrected chi connectivity index (χ0v) is 10.5. The topological polar surface area (TPSA) is 92.5 Å². The summed E-state index contributed by atoms with van der Waals surface area (Å²) >= 11 is 0. The second-order valence-corrected chi connectivity index (χ2v) is 5.13. The Labute approximate surface area is 105 Å². The Morgan fingerprint density at radius 2 is 2.00 bits per heavy atom. The molecule has 96 valence electrons. The third kappa shape index (κ3) is 2.25. The second kappa shape index (κ2) is 4.47. The van der Waals surface area contributed by atoms with Crippen molar-refractivity contribution in [2.45, 2.75) is 11.8 Å². The molecule has 5 nitrogen and oxygen atoms in total. The van der Waals surface area contributed by atoms with E-state index in [0.29, 0.717) is 28.8 Å². The summed E-state index contributed by atoms with van der Waals surface area (Å²) in [5, 5.41) is 1.25. The van der Waals surface area contributed by atoms with E-state index in [1.54, 1.807) is 12.1 Å². The molecule has 0 amide bonds. The molecule has 0 unspecified atom stereocenters. The highest BCUT2D eigenvalue weighted by atomic mass is 32.2. The number of benzene rings is 2. The van der Waals surface area contributed by atoms with Gasteiger partial charge in [0.1, 0.15) is 15.9 Å². The third-order valence-corrected chi connectivity index (χ3v) is 3.41. The van der Waals surface area contributed by atoms with Crippen LogP contribution in [0, 0.1) is 0 Å². The zero-order chi connectivity index (χ0) is 13.3. The summed E-state index contributed by atoms with van der Waals surface area (Å²) in [7, 11) is -4.45. The minimum Gasteiger partial charge on any atom is -0.744 e. The summed E-state index contributed by atoms with van der Waals surface area (Å²) < 4.78 is 38.1. The molecule has 2 aromatic rings. The molecule has 0 aliphatic carbocycles. The van der Waals surface area contributed by atoms with E-state index in [0.717, 1.165) is 0 Å². The maximum absolute atomic E-state index is 10.9. The molecule has 2 N–H and O–H groups in total. The quantitative estimate of drug-likeness (QED) is 0.674. The molecule has 0 saturated heterocycles. The first-order valence-electron chi connectivity index (χ1n) is 5.34. The van der Waals surface area contributed by atoms with Crippen LogP contribution in [-0.4, -0.2) is 19.6 Å². The second-order valence-electron chi connectivity index (χ2n) is 3.75. The monoisotopic (exact) mass is 266 g/mol. The molecular formula is C12H12NO4S-. The number of rotatable bonds is 3. The van der Waals surface area contributed by atoms with Crippen molar-refractivity contribution < 1.29 is 17.7 Å². The lowest BCUT2D eigenvalue weighted by Crippen LogP contribution is -2.00. The van der Waals surface area contributed by atoms with Gasteiger partial charge in [0.2, 0.25) is 0 Å². The molecule has 0 radical (unpaired) electrons. The van der Waals surface area contributed by atoms with E-state index >= 15 is 0 Å². The fraction of sp³-hybridized carbons (Fsp3) is 0.167. The molecule has 0 spiro atoms. The van der Waals surface area contributed by atoms with E-state index in [1.807, 2.05) is 6.92 Å². The Hall–Kier alpha value is -1.79. The van der Waals surface area contributed by atoms with E-state index in [4.69, 9.17) is 10.5 Å². The van der Waals surface area contributed by atoms with E-state index in [1.165, 1.54) is 18.2 Å². The minimum atomic E-state index is -4.45. The summed E-state index contributed by atoms with van der Waals surface area (Å²) in [6, 6.07) is 7.40. The number of anilines is 1. The summed E-state index contributed by atoms with van der Waals surface area (Å²) in [6.07, 6.45) is 0. The first kappa shape index (κ1) is 12.7. The Morgan fingerprint density at radius 1 is 1.28 bits per heavy atom. The molecule has 0 aliphatic rings. The number of hydrogen-bond donors (Lipinski definition) is 1. The smallest absolute Gasteiger partial charge is 0.142 e. The van der Waals surface area contributed by atoms with Crippen LogP contribution in [-0.2, 0) is 10.1 Å². The van der Waals surface area contributed by atoms with Crippen LogP contribution in [0.4, 0.5) is 5.69 Å². The van der Waals surface area contributed by atoms with Gasteiger partial charge in [0.25, 0.3) is 0 Å². The molecule has 0 atom stereocenters. The highest BCUT2D eigenvalue weighted by molar-refractivity contribution is 7.85. The molecule has 0 aliphatic heterocycles. The van der Waals surface area contributed by atoms with Crippen molar-refractivity contribution in [3.63, 3.8) is 0 Å². The first-order valence-corrected chi connectivity index (χ1v) is 6.75. The van der Waals surface area contributed by atoms with Gasteiger partial charge in [-0.3, -0.25) is 0 Å². The van der Waals surface area contributed by atoms with Crippen molar-refractivity contribution in [3.8, 4) is 5.75 Å². The van der Waals surface area contributed by atoms with Crippen molar-refractivity contribution in [2.24, 2.45) is 0 Å². The van der Waals surface area contributed by atoms with Crippen LogP contribution in [0.15, 0.2) is 35.2 Å². The van der Waals surface area contributed by atoms with Crippen LogP contribution < -0.4 is 10.5 Å². The van der Waals surface area contributed by atoms with Gasteiger partial charge in [-0.25, -0.2) is 8.42 Å². The van der Waals surface area contributed by atoms with Crippen molar-refractivity contribution in [3.05, 3.63) is 30.3 Å². The van der Waals surface area contributed by atoms with Gasteiger partial charge >= 0.3 is 0 Å². The van der Waals surface area contributed by atoms with Gasteiger partial charge in [0.15, 0.2) is 0 Å². The van der Waals surface area contributed by atoms with Gasteiger partial charge in [-0.2, -0.15) is 0 Å². The van der Waals surface area contributed by atoms with Gasteiger partial charge in [0, 0.05) is 5.39 Å². The molecule has 0 saturated carbocycles. The number of nitrogens with two attached hydrogens (primary N) is 1. The van der Waals surface area contributed by atoms with E-state index in [9.17, 15) is 13.0 Å². The zero-order valence-electron chi connectivity index (χ0n) is 9.71. The normalized spacial score (nSPS) is 11.7. The fourth-order valence-electron chi connectivity index (χ4n) is 1.75. The highest BCUT2D eigenvalue weighted by Gasteiger charge is 2.08. The molecule has 6 heteroatoms. The van der Waals surface area contributed by atoms with Crippen molar-refractivity contribution in [2.75, 3.05) is 12.3 Å². The van der Waals surface area contributed by atoms with Crippen molar-refractivity contribution in [1.82, 2.24) is 0 Å². The van der Waals surface area contributed by atoms with Gasteiger partial charge in [-0.15, -0.1) is 0 Å². The SMILES string of the molecule is CCOc1ccc2cc(S(=O)(=O)[O-])ccc2c1N. The molecule has 2 aromatic carbocycles. The average molecular weight is 266 g/mol. The van der Waals surface area contributed by atoms with Crippen LogP contribution in [0.3, 0.4) is 0 Å². The van der Waals surface area contributed by atoms with E-state index in [-0.39, 0.29) is 4.90 Å². The van der Waals surface area contributed by atoms with Crippen LogP contribution in [0.1, 0.15) is 6.92 Å². The molecule has 0 fully saturated rings. The number of nitrogen functional groups attached to an aromatic ring is 1. The lowest BCUT2D eigenvalue weighted by Gasteiger charge is -2.12. The van der Waals surface area contributed by atoms with Crippen LogP contribution in [0.5, 0.6) is 5.75 Å². The van der Waals surface area contributed by atoms with Gasteiger partial charge in [-0.05, 0) is 30.5 Å². The highest BCUT2D eigenvalue weighted by Crippen LogP contribution is 2.31. The molecule has 2 rings (SSSR count). The van der Waals surface area contributed by atoms with Crippen molar-refractivity contribution >= 4 is 26.6 Å². The van der Waals surface area contributed by atoms with Crippen LogP contribution >= 0.6 is 0 Å². The van der Waals surface area contributed by atoms with Gasteiger partial charge in [0.05, 0.1) is 17.2 Å². The van der Waals surface area contributed by atoms with E-state index < -0.39 is 10.1 Å². The Bertz CT molecular complexity index is 695. The fourth-order valence-corrected chi connectivity index (χ4v) is 2.25. The average Bonchev–Trinajstić information content (AvgIpc) is 2.31. The maximum Gasteiger partial charge on any atom is 0.142 e. The summed E-state index contributed by atoms with van der Waals surface area (Å²) in [5.74, 6) is 0.544. The number of hydrogen-bond acceptors (Lipinski definition) is 5. The number of fused-ring (bicyclic) bond motifs is 1. The summed E-state index contributed by atoms with van der Waals surface area (Å²) in [5.41, 5.74) is 6.35. The molecule has 0 aromatic heterocycles. The van der Waals surface area contributed by atoms with Crippen LogP contribution in [0.25, 0.3) is 10.8 Å². The Kier molecular flexibility index (Phi) is 3.14. The lowest BCUT2D eigenvalue weighted by atomic mass is 10.1. The first-order chi connectivity index (χ1) is 8.43. The largest absolute Gasteiger partial charge is 0.744 e. The van der Waals surface area contributed by atoms with Gasteiger partial charge in [-0.1, -0.05) is 12.1 Å². The molecule has 0 bridgehead atoms. The molecular weight excluding hydrogens is 254 g/mol. The lowest BCUT2D eigenvalue weighted by molar-refractivity contribution is 0.342. The Morgan fingerprint density at radius 3 is 2.61 bits per heavy atom. The van der Waals surface area contributed by atoms with Gasteiger partial charge < -0.3 is 15.0 Å². The minimum absolute atomic E-state index is 0.265. The number of ether oxygens (including phenoxy) is 1. The third-order valence-electron chi connectivity index (χ3n) is 2.58. The predicted octanol–water partition coefficient (Wildman–Crippen LogP) is 1.72. The predicted molar refractivity (Wildman–Crippen MR) is 67.5 cm³/mol. The van der Waals surface area contributed by atoms with Crippen molar-refractivity contribution in [1.29, 1.82) is 0 Å². The van der Waals surface area contributed by atoms with E-state index in [2.05, 4.69) is 0 Å². The van der Waals surface area contributed by atoms with Crippen LogP contribution in [0.2, 0.25) is 0 Å². The maximum atomic E-state index is 10.9. The molecule has 18 heavy (non-hydrogen) atoms. The molecule has 0 heterocycles.